The topological polar surface area (TPSA) is 51.7 Å². The van der Waals surface area contributed by atoms with E-state index in [-0.39, 0.29) is 18.1 Å². The number of pyridine rings is 1. The zero-order valence-corrected chi connectivity index (χ0v) is 18.7. The molecular weight excluding hydrogens is 400 g/mol. The molecule has 5 nitrogen and oxygen atoms in total. The van der Waals surface area contributed by atoms with E-state index in [1.165, 1.54) is 12.8 Å². The Kier molecular flexibility index (Phi) is 5.83. The van der Waals surface area contributed by atoms with Gasteiger partial charge in [-0.1, -0.05) is 31.5 Å². The third-order valence-corrected chi connectivity index (χ3v) is 7.34. The average molecular weight is 431 g/mol. The van der Waals surface area contributed by atoms with E-state index in [2.05, 4.69) is 16.8 Å². The van der Waals surface area contributed by atoms with Gasteiger partial charge in [0.25, 0.3) is 0 Å². The Hall–Kier alpha value is -2.92. The van der Waals surface area contributed by atoms with Crippen molar-refractivity contribution in [2.45, 2.75) is 38.3 Å². The maximum Gasteiger partial charge on any atom is 0.338 e. The van der Waals surface area contributed by atoms with Gasteiger partial charge in [0.05, 0.1) is 24.2 Å². The van der Waals surface area contributed by atoms with Crippen molar-refractivity contribution in [3.63, 3.8) is 0 Å². The van der Waals surface area contributed by atoms with Gasteiger partial charge < -0.3 is 9.47 Å². The van der Waals surface area contributed by atoms with Gasteiger partial charge in [-0.3, -0.25) is 9.88 Å². The number of benzene rings is 2. The first-order valence-corrected chi connectivity index (χ1v) is 11.6. The SMILES string of the molecule is CC[C@H]1CN2CC[C@H]1C[C@@H]2[C@@H](OC(=O)c1ccccc1)c1ccnc2ccc(OC)cc12. The molecule has 6 rings (SSSR count). The van der Waals surface area contributed by atoms with E-state index in [1.807, 2.05) is 60.8 Å². The smallest absolute Gasteiger partial charge is 0.338 e. The number of esters is 1. The van der Waals surface area contributed by atoms with Gasteiger partial charge in [-0.25, -0.2) is 4.79 Å². The molecule has 0 spiro atoms. The molecule has 3 aliphatic heterocycles. The Morgan fingerprint density at radius 1 is 1.19 bits per heavy atom. The Balaban J connectivity index is 1.56. The summed E-state index contributed by atoms with van der Waals surface area (Å²) in [6.07, 6.45) is 4.95. The van der Waals surface area contributed by atoms with Gasteiger partial charge in [0.2, 0.25) is 0 Å². The standard InChI is InChI=1S/C27H30N2O3/c1-3-18-17-29-14-12-20(18)15-25(29)26(32-27(30)19-7-5-4-6-8-19)22-11-13-28-24-10-9-21(31-2)16-23(22)24/h4-11,13,16,18,20,25-26H,3,12,14-15,17H2,1-2H3/t18-,20-,25+,26-/m0/s1. The summed E-state index contributed by atoms with van der Waals surface area (Å²) in [5.41, 5.74) is 2.46. The van der Waals surface area contributed by atoms with Crippen molar-refractivity contribution in [2.75, 3.05) is 20.2 Å². The molecule has 0 radical (unpaired) electrons. The van der Waals surface area contributed by atoms with Crippen LogP contribution in [0.15, 0.2) is 60.8 Å². The van der Waals surface area contributed by atoms with E-state index in [9.17, 15) is 4.79 Å². The number of carbonyl (C=O) groups is 1. The Morgan fingerprint density at radius 2 is 2.03 bits per heavy atom. The fourth-order valence-corrected chi connectivity index (χ4v) is 5.59. The lowest BCUT2D eigenvalue weighted by atomic mass is 9.72. The molecule has 166 valence electrons. The Labute approximate surface area is 189 Å². The maximum absolute atomic E-state index is 13.2. The minimum absolute atomic E-state index is 0.168. The molecule has 32 heavy (non-hydrogen) atoms. The van der Waals surface area contributed by atoms with Gasteiger partial charge >= 0.3 is 5.97 Å². The first-order valence-electron chi connectivity index (χ1n) is 11.6. The number of fused-ring (bicyclic) bond motifs is 4. The van der Waals surface area contributed by atoms with E-state index < -0.39 is 0 Å². The zero-order chi connectivity index (χ0) is 22.1. The van der Waals surface area contributed by atoms with Crippen molar-refractivity contribution in [1.82, 2.24) is 9.88 Å². The molecule has 4 heterocycles. The van der Waals surface area contributed by atoms with Crippen molar-refractivity contribution >= 4 is 16.9 Å². The molecule has 0 N–H and O–H groups in total. The van der Waals surface area contributed by atoms with Crippen molar-refractivity contribution in [3.8, 4) is 5.75 Å². The summed E-state index contributed by atoms with van der Waals surface area (Å²) in [4.78, 5) is 20.3. The number of methoxy groups -OCH3 is 1. The van der Waals surface area contributed by atoms with E-state index in [1.54, 1.807) is 7.11 Å². The minimum Gasteiger partial charge on any atom is -0.497 e. The molecule has 2 aromatic carbocycles. The zero-order valence-electron chi connectivity index (χ0n) is 18.7. The minimum atomic E-state index is -0.360. The van der Waals surface area contributed by atoms with Crippen LogP contribution in [0.2, 0.25) is 0 Å². The van der Waals surface area contributed by atoms with Gasteiger partial charge in [-0.15, -0.1) is 0 Å². The van der Waals surface area contributed by atoms with Gasteiger partial charge in [0, 0.05) is 23.7 Å². The highest BCUT2D eigenvalue weighted by Crippen LogP contribution is 2.44. The second-order valence-electron chi connectivity index (χ2n) is 8.99. The van der Waals surface area contributed by atoms with Crippen LogP contribution in [0.1, 0.15) is 48.2 Å². The van der Waals surface area contributed by atoms with Crippen LogP contribution in [0.5, 0.6) is 5.75 Å². The van der Waals surface area contributed by atoms with Crippen molar-refractivity contribution < 1.29 is 14.3 Å². The second kappa shape index (κ2) is 8.91. The summed E-state index contributed by atoms with van der Waals surface area (Å²) in [5, 5.41) is 0.979. The number of piperidine rings is 3. The molecule has 0 amide bonds. The lowest BCUT2D eigenvalue weighted by Crippen LogP contribution is -2.55. The molecular formula is C27H30N2O3. The van der Waals surface area contributed by atoms with Crippen LogP contribution in [0, 0.1) is 11.8 Å². The third kappa shape index (κ3) is 3.86. The molecule has 5 atom stereocenters. The molecule has 0 aliphatic carbocycles. The van der Waals surface area contributed by atoms with Crippen LogP contribution in [0.25, 0.3) is 10.9 Å². The van der Waals surface area contributed by atoms with E-state index in [0.717, 1.165) is 47.6 Å². The molecule has 3 aliphatic rings. The Morgan fingerprint density at radius 3 is 2.75 bits per heavy atom. The quantitative estimate of drug-likeness (QED) is 0.499. The summed E-state index contributed by atoms with van der Waals surface area (Å²) < 4.78 is 11.8. The number of carbonyl (C=O) groups excluding carboxylic acids is 1. The maximum atomic E-state index is 13.2. The molecule has 0 saturated carbocycles. The van der Waals surface area contributed by atoms with Gasteiger partial charge in [-0.05, 0) is 67.6 Å². The number of hydrogen-bond acceptors (Lipinski definition) is 5. The molecule has 1 aromatic heterocycles. The summed E-state index contributed by atoms with van der Waals surface area (Å²) in [7, 11) is 1.67. The van der Waals surface area contributed by atoms with Gasteiger partial charge in [-0.2, -0.15) is 0 Å². The van der Waals surface area contributed by atoms with Crippen LogP contribution in [0.3, 0.4) is 0 Å². The first kappa shape index (κ1) is 21.0. The first-order chi connectivity index (χ1) is 15.7. The molecule has 3 saturated heterocycles. The Bertz CT molecular complexity index is 1100. The lowest BCUT2D eigenvalue weighted by molar-refractivity contribution is -0.0659. The molecule has 3 aromatic rings. The third-order valence-electron chi connectivity index (χ3n) is 7.34. The van der Waals surface area contributed by atoms with Crippen molar-refractivity contribution in [1.29, 1.82) is 0 Å². The highest BCUT2D eigenvalue weighted by Gasteiger charge is 2.44. The van der Waals surface area contributed by atoms with Crippen molar-refractivity contribution in [3.05, 3.63) is 71.9 Å². The summed E-state index contributed by atoms with van der Waals surface area (Å²) in [6, 6.07) is 17.3. The van der Waals surface area contributed by atoms with E-state index >= 15 is 0 Å². The highest BCUT2D eigenvalue weighted by atomic mass is 16.5. The fourth-order valence-electron chi connectivity index (χ4n) is 5.59. The summed E-state index contributed by atoms with van der Waals surface area (Å²) in [5.74, 6) is 1.92. The van der Waals surface area contributed by atoms with Crippen molar-refractivity contribution in [2.24, 2.45) is 11.8 Å². The van der Waals surface area contributed by atoms with E-state index in [0.29, 0.717) is 11.5 Å². The highest BCUT2D eigenvalue weighted by molar-refractivity contribution is 5.90. The number of nitrogens with zero attached hydrogens (tertiary/aromatic N) is 2. The van der Waals surface area contributed by atoms with Crippen LogP contribution >= 0.6 is 0 Å². The summed E-state index contributed by atoms with van der Waals surface area (Å²) >= 11 is 0. The average Bonchev–Trinajstić information content (AvgIpc) is 2.87. The molecule has 2 bridgehead atoms. The van der Waals surface area contributed by atoms with Crippen LogP contribution in [-0.2, 0) is 4.74 Å². The van der Waals surface area contributed by atoms with Crippen LogP contribution in [0.4, 0.5) is 0 Å². The second-order valence-corrected chi connectivity index (χ2v) is 8.99. The van der Waals surface area contributed by atoms with Crippen LogP contribution < -0.4 is 4.74 Å². The van der Waals surface area contributed by atoms with E-state index in [4.69, 9.17) is 9.47 Å². The normalized spacial score (nSPS) is 25.4. The van der Waals surface area contributed by atoms with Crippen LogP contribution in [-0.4, -0.2) is 42.1 Å². The molecule has 1 unspecified atom stereocenters. The predicted molar refractivity (Wildman–Crippen MR) is 125 cm³/mol. The van der Waals surface area contributed by atoms with Gasteiger partial charge in [0.1, 0.15) is 11.9 Å². The largest absolute Gasteiger partial charge is 0.497 e. The lowest BCUT2D eigenvalue weighted by Gasteiger charge is -2.51. The molecule has 5 heteroatoms. The van der Waals surface area contributed by atoms with Gasteiger partial charge in [0.15, 0.2) is 0 Å². The number of hydrogen-bond donors (Lipinski definition) is 0. The monoisotopic (exact) mass is 430 g/mol. The number of ether oxygens (including phenoxy) is 2. The molecule has 3 fully saturated rings. The number of rotatable bonds is 6. The summed E-state index contributed by atoms with van der Waals surface area (Å²) in [6.45, 7) is 4.44. The number of aromatic nitrogens is 1. The fraction of sp³-hybridized carbons (Fsp3) is 0.407. The predicted octanol–water partition coefficient (Wildman–Crippen LogP) is 5.26.